The first-order valence-corrected chi connectivity index (χ1v) is 8.70. The lowest BCUT2D eigenvalue weighted by Gasteiger charge is -2.35. The predicted octanol–water partition coefficient (Wildman–Crippen LogP) is 1.06. The molecule has 0 radical (unpaired) electrons. The molecule has 6 nitrogen and oxygen atoms in total. The normalized spacial score (nSPS) is 23.0. The molecule has 0 aromatic heterocycles. The van der Waals surface area contributed by atoms with Gasteiger partial charge in [0.1, 0.15) is 6.04 Å². The minimum atomic E-state index is -4.36. The highest BCUT2D eigenvalue weighted by Gasteiger charge is 2.31. The van der Waals surface area contributed by atoms with Gasteiger partial charge in [-0.25, -0.2) is 5.43 Å². The van der Waals surface area contributed by atoms with Gasteiger partial charge in [0.2, 0.25) is 5.91 Å². The average molecular weight is 372 g/mol. The number of hydrazine groups is 1. The van der Waals surface area contributed by atoms with E-state index in [9.17, 15) is 18.0 Å². The number of hydrogen-bond donors (Lipinski definition) is 3. The summed E-state index contributed by atoms with van der Waals surface area (Å²) in [5.41, 5.74) is 5.89. The van der Waals surface area contributed by atoms with Gasteiger partial charge < -0.3 is 10.1 Å². The van der Waals surface area contributed by atoms with Crippen molar-refractivity contribution in [3.05, 3.63) is 35.4 Å². The van der Waals surface area contributed by atoms with Crippen molar-refractivity contribution in [2.45, 2.75) is 24.7 Å². The third-order valence-corrected chi connectivity index (χ3v) is 4.73. The van der Waals surface area contributed by atoms with Gasteiger partial charge in [0, 0.05) is 26.2 Å². The Hall–Kier alpha value is -1.68. The third kappa shape index (κ3) is 4.73. The number of nitrogens with zero attached hydrogens (tertiary/aromatic N) is 1. The van der Waals surface area contributed by atoms with Crippen LogP contribution >= 0.6 is 0 Å². The van der Waals surface area contributed by atoms with Gasteiger partial charge in [-0.05, 0) is 24.1 Å². The summed E-state index contributed by atoms with van der Waals surface area (Å²) in [4.78, 5) is 14.4. The summed E-state index contributed by atoms with van der Waals surface area (Å²) in [5.74, 6) is -0.111. The second-order valence-corrected chi connectivity index (χ2v) is 6.44. The Morgan fingerprint density at radius 1 is 1.27 bits per heavy atom. The van der Waals surface area contributed by atoms with Gasteiger partial charge in [0.25, 0.3) is 0 Å². The van der Waals surface area contributed by atoms with Crippen molar-refractivity contribution in [3.8, 4) is 0 Å². The number of benzene rings is 1. The predicted molar refractivity (Wildman–Crippen MR) is 89.1 cm³/mol. The van der Waals surface area contributed by atoms with Gasteiger partial charge in [-0.15, -0.1) is 0 Å². The number of halogens is 3. The van der Waals surface area contributed by atoms with E-state index in [0.29, 0.717) is 39.3 Å². The molecule has 1 aromatic carbocycles. The molecule has 1 aromatic rings. The molecule has 3 rings (SSSR count). The molecule has 1 amide bonds. The summed E-state index contributed by atoms with van der Waals surface area (Å²) in [6.07, 6.45) is -3.66. The maximum atomic E-state index is 12.8. The van der Waals surface area contributed by atoms with E-state index in [-0.39, 0.29) is 18.0 Å². The zero-order valence-corrected chi connectivity index (χ0v) is 14.3. The molecule has 0 spiro atoms. The fraction of sp³-hybridized carbons (Fsp3) is 0.588. The molecular formula is C17H23F3N4O2. The van der Waals surface area contributed by atoms with E-state index in [0.717, 1.165) is 24.2 Å². The van der Waals surface area contributed by atoms with Crippen LogP contribution in [0.15, 0.2) is 24.3 Å². The molecule has 0 bridgehead atoms. The number of morpholine rings is 1. The molecule has 2 aliphatic heterocycles. The fourth-order valence-corrected chi connectivity index (χ4v) is 3.24. The van der Waals surface area contributed by atoms with Crippen LogP contribution in [0.25, 0.3) is 0 Å². The van der Waals surface area contributed by atoms with E-state index >= 15 is 0 Å². The molecule has 2 heterocycles. The number of amides is 1. The van der Waals surface area contributed by atoms with Crippen molar-refractivity contribution in [3.63, 3.8) is 0 Å². The van der Waals surface area contributed by atoms with Gasteiger partial charge in [-0.2, -0.15) is 13.2 Å². The van der Waals surface area contributed by atoms with Gasteiger partial charge in [0.15, 0.2) is 0 Å². The molecule has 2 saturated heterocycles. The minimum Gasteiger partial charge on any atom is -0.379 e. The van der Waals surface area contributed by atoms with Crippen molar-refractivity contribution >= 4 is 5.91 Å². The van der Waals surface area contributed by atoms with Crippen LogP contribution in [-0.4, -0.2) is 56.2 Å². The molecule has 2 fully saturated rings. The molecule has 144 valence electrons. The molecular weight excluding hydrogens is 349 g/mol. The molecule has 26 heavy (non-hydrogen) atoms. The summed E-state index contributed by atoms with van der Waals surface area (Å²) in [6.45, 7) is 3.54. The zero-order chi connectivity index (χ0) is 18.6. The van der Waals surface area contributed by atoms with Crippen LogP contribution in [0.4, 0.5) is 13.2 Å². The molecule has 0 aliphatic carbocycles. The Kier molecular flexibility index (Phi) is 6.13. The quantitative estimate of drug-likeness (QED) is 0.722. The number of carbonyl (C=O) groups is 1. The summed E-state index contributed by atoms with van der Waals surface area (Å²) in [5, 5.41) is 2.92. The number of hydrogen-bond acceptors (Lipinski definition) is 5. The molecule has 2 unspecified atom stereocenters. The second-order valence-electron chi connectivity index (χ2n) is 6.44. The van der Waals surface area contributed by atoms with Crippen molar-refractivity contribution in [1.82, 2.24) is 21.1 Å². The highest BCUT2D eigenvalue weighted by molar-refractivity contribution is 5.81. The van der Waals surface area contributed by atoms with E-state index in [1.54, 1.807) is 0 Å². The molecule has 9 heteroatoms. The molecule has 2 aliphatic rings. The van der Waals surface area contributed by atoms with Crippen LogP contribution in [0.2, 0.25) is 0 Å². The van der Waals surface area contributed by atoms with Crippen LogP contribution in [0, 0.1) is 0 Å². The number of carbonyl (C=O) groups excluding carboxylic acids is 1. The lowest BCUT2D eigenvalue weighted by molar-refractivity contribution is -0.137. The Morgan fingerprint density at radius 2 is 1.96 bits per heavy atom. The molecule has 2 atom stereocenters. The first-order chi connectivity index (χ1) is 12.4. The number of ether oxygens (including phenoxy) is 1. The number of rotatable bonds is 5. The van der Waals surface area contributed by atoms with Gasteiger partial charge >= 0.3 is 6.18 Å². The highest BCUT2D eigenvalue weighted by Crippen LogP contribution is 2.31. The average Bonchev–Trinajstić information content (AvgIpc) is 3.17. The fourth-order valence-electron chi connectivity index (χ4n) is 3.24. The lowest BCUT2D eigenvalue weighted by atomic mass is 10.0. The van der Waals surface area contributed by atoms with Crippen molar-refractivity contribution in [2.24, 2.45) is 0 Å². The first-order valence-electron chi connectivity index (χ1n) is 8.70. The van der Waals surface area contributed by atoms with E-state index in [4.69, 9.17) is 4.74 Å². The Labute approximate surface area is 150 Å². The monoisotopic (exact) mass is 372 g/mol. The van der Waals surface area contributed by atoms with Crippen LogP contribution in [-0.2, 0) is 15.7 Å². The van der Waals surface area contributed by atoms with E-state index < -0.39 is 11.7 Å². The summed E-state index contributed by atoms with van der Waals surface area (Å²) < 4.78 is 43.8. The van der Waals surface area contributed by atoms with Gasteiger partial charge in [-0.1, -0.05) is 12.1 Å². The lowest BCUT2D eigenvalue weighted by Crippen LogP contribution is -2.48. The Morgan fingerprint density at radius 3 is 2.54 bits per heavy atom. The first kappa shape index (κ1) is 19.1. The van der Waals surface area contributed by atoms with Crippen LogP contribution in [0.5, 0.6) is 0 Å². The summed E-state index contributed by atoms with van der Waals surface area (Å²) in [6, 6.07) is 4.68. The van der Waals surface area contributed by atoms with Crippen LogP contribution in [0.1, 0.15) is 23.6 Å². The van der Waals surface area contributed by atoms with Crippen LogP contribution < -0.4 is 16.2 Å². The molecule has 0 saturated carbocycles. The number of alkyl halides is 3. The second kappa shape index (κ2) is 8.34. The standard InChI is InChI=1S/C17H23F3N4O2/c18-17(19,20)13-3-1-12(2-4-13)15(24-7-9-26-10-8-24)11-21-16(25)14-5-6-22-23-14/h1-4,14-15,22-23H,5-11H2,(H,21,25). The van der Waals surface area contributed by atoms with Crippen molar-refractivity contribution in [2.75, 3.05) is 39.4 Å². The smallest absolute Gasteiger partial charge is 0.379 e. The highest BCUT2D eigenvalue weighted by atomic mass is 19.4. The maximum absolute atomic E-state index is 12.8. The van der Waals surface area contributed by atoms with Crippen molar-refractivity contribution < 1.29 is 22.7 Å². The van der Waals surface area contributed by atoms with Crippen molar-refractivity contribution in [1.29, 1.82) is 0 Å². The van der Waals surface area contributed by atoms with Gasteiger partial charge in [0.05, 0.1) is 24.8 Å². The van der Waals surface area contributed by atoms with Crippen LogP contribution in [0.3, 0.4) is 0 Å². The summed E-state index contributed by atoms with van der Waals surface area (Å²) >= 11 is 0. The largest absolute Gasteiger partial charge is 0.416 e. The minimum absolute atomic E-state index is 0.111. The van der Waals surface area contributed by atoms with E-state index in [1.165, 1.54) is 12.1 Å². The Bertz CT molecular complexity index is 597. The van der Waals surface area contributed by atoms with E-state index in [2.05, 4.69) is 21.1 Å². The van der Waals surface area contributed by atoms with Gasteiger partial charge in [-0.3, -0.25) is 15.1 Å². The zero-order valence-electron chi connectivity index (χ0n) is 14.3. The SMILES string of the molecule is O=C(NCC(c1ccc(C(F)(F)F)cc1)N1CCOCC1)C1CCNN1. The number of nitrogens with one attached hydrogen (secondary N) is 3. The third-order valence-electron chi connectivity index (χ3n) is 4.73. The Balaban J connectivity index is 1.71. The van der Waals surface area contributed by atoms with E-state index in [1.807, 2.05) is 0 Å². The summed E-state index contributed by atoms with van der Waals surface area (Å²) in [7, 11) is 0. The topological polar surface area (TPSA) is 65.6 Å². The molecule has 3 N–H and O–H groups in total. The maximum Gasteiger partial charge on any atom is 0.416 e.